The van der Waals surface area contributed by atoms with Gasteiger partial charge in [0.1, 0.15) is 5.69 Å². The molecule has 0 aromatic carbocycles. The van der Waals surface area contributed by atoms with Crippen molar-refractivity contribution in [1.29, 1.82) is 0 Å². The molecule has 2 rings (SSSR count). The summed E-state index contributed by atoms with van der Waals surface area (Å²) in [6.45, 7) is 1.80. The van der Waals surface area contributed by atoms with Crippen LogP contribution in [0.25, 0.3) is 0 Å². The van der Waals surface area contributed by atoms with Crippen molar-refractivity contribution in [2.24, 2.45) is 7.05 Å². The van der Waals surface area contributed by atoms with Crippen LogP contribution in [0.4, 0.5) is 0 Å². The zero-order valence-corrected chi connectivity index (χ0v) is 9.86. The fourth-order valence-electron chi connectivity index (χ4n) is 2.23. The topological polar surface area (TPSA) is 51.5 Å². The van der Waals surface area contributed by atoms with E-state index in [-0.39, 0.29) is 17.5 Å². The van der Waals surface area contributed by atoms with E-state index in [4.69, 9.17) is 4.74 Å². The van der Waals surface area contributed by atoms with E-state index >= 15 is 0 Å². The van der Waals surface area contributed by atoms with Gasteiger partial charge in [-0.25, -0.2) is 4.79 Å². The molecule has 4 nitrogen and oxygen atoms in total. The number of carbonyl (C=O) groups excluding carboxylic acids is 1. The number of hydrogen-bond acceptors (Lipinski definition) is 3. The number of aliphatic hydroxyl groups excluding tert-OH is 1. The molecule has 1 heterocycles. The van der Waals surface area contributed by atoms with Gasteiger partial charge in [0.2, 0.25) is 0 Å². The number of hydrogen-bond donors (Lipinski definition) is 1. The van der Waals surface area contributed by atoms with Gasteiger partial charge in [0.15, 0.2) is 0 Å². The van der Waals surface area contributed by atoms with E-state index in [1.165, 1.54) is 7.11 Å². The van der Waals surface area contributed by atoms with E-state index in [1.807, 2.05) is 19.3 Å². The van der Waals surface area contributed by atoms with Gasteiger partial charge in [0.05, 0.1) is 13.2 Å². The Bertz CT molecular complexity index is 416. The number of methoxy groups -OCH3 is 1. The van der Waals surface area contributed by atoms with Crippen LogP contribution in [-0.4, -0.2) is 28.9 Å². The average Bonchev–Trinajstić information content (AvgIpc) is 2.97. The molecule has 1 aromatic heterocycles. The summed E-state index contributed by atoms with van der Waals surface area (Å²) in [5, 5.41) is 9.77. The predicted molar refractivity (Wildman–Crippen MR) is 59.3 cm³/mol. The Morgan fingerprint density at radius 2 is 2.25 bits per heavy atom. The van der Waals surface area contributed by atoms with Gasteiger partial charge in [-0.05, 0) is 31.4 Å². The lowest BCUT2D eigenvalue weighted by atomic mass is 9.93. The van der Waals surface area contributed by atoms with Crippen LogP contribution in [-0.2, 0) is 17.2 Å². The van der Waals surface area contributed by atoms with Gasteiger partial charge < -0.3 is 14.4 Å². The van der Waals surface area contributed by atoms with E-state index in [1.54, 1.807) is 11.5 Å². The van der Waals surface area contributed by atoms with Crippen molar-refractivity contribution in [3.8, 4) is 0 Å². The first kappa shape index (κ1) is 11.2. The Morgan fingerprint density at radius 3 is 2.69 bits per heavy atom. The third kappa shape index (κ3) is 1.53. The number of esters is 1. The Hall–Kier alpha value is -1.29. The minimum absolute atomic E-state index is 0.135. The molecule has 0 bridgehead atoms. The predicted octanol–water partition coefficient (Wildman–Crippen LogP) is 1.22. The Kier molecular flexibility index (Phi) is 2.54. The van der Waals surface area contributed by atoms with Crippen molar-refractivity contribution in [1.82, 2.24) is 4.57 Å². The third-order valence-corrected chi connectivity index (χ3v) is 3.56. The van der Waals surface area contributed by atoms with E-state index < -0.39 is 0 Å². The zero-order chi connectivity index (χ0) is 11.9. The molecule has 0 aliphatic heterocycles. The highest BCUT2D eigenvalue weighted by atomic mass is 16.5. The first-order valence-electron chi connectivity index (χ1n) is 5.44. The van der Waals surface area contributed by atoms with Crippen molar-refractivity contribution in [3.05, 3.63) is 23.5 Å². The van der Waals surface area contributed by atoms with Gasteiger partial charge in [-0.2, -0.15) is 0 Å². The highest BCUT2D eigenvalue weighted by molar-refractivity contribution is 5.88. The van der Waals surface area contributed by atoms with Crippen LogP contribution in [0.15, 0.2) is 12.3 Å². The van der Waals surface area contributed by atoms with Gasteiger partial charge in [-0.15, -0.1) is 0 Å². The van der Waals surface area contributed by atoms with Crippen LogP contribution in [0.5, 0.6) is 0 Å². The second kappa shape index (κ2) is 3.63. The normalized spacial score (nSPS) is 19.2. The lowest BCUT2D eigenvalue weighted by molar-refractivity contribution is 0.0590. The second-order valence-corrected chi connectivity index (χ2v) is 4.55. The Labute approximate surface area is 94.8 Å². The van der Waals surface area contributed by atoms with Crippen molar-refractivity contribution >= 4 is 5.97 Å². The molecule has 1 aromatic rings. The summed E-state index contributed by atoms with van der Waals surface area (Å²) >= 11 is 0. The standard InChI is InChI=1S/C12H17NO3/c1-8(14)12(4-5-12)9-6-10(11(15)16-3)13(2)7-9/h6-8,14H,4-5H2,1-3H3. The fraction of sp³-hybridized carbons (Fsp3) is 0.583. The van der Waals surface area contributed by atoms with E-state index in [0.717, 1.165) is 18.4 Å². The molecule has 0 saturated heterocycles. The summed E-state index contributed by atoms with van der Waals surface area (Å²) in [6, 6.07) is 1.82. The molecule has 1 aliphatic carbocycles. The lowest BCUT2D eigenvalue weighted by Gasteiger charge is -2.16. The molecule has 1 fully saturated rings. The van der Waals surface area contributed by atoms with Crippen molar-refractivity contribution in [2.75, 3.05) is 7.11 Å². The summed E-state index contributed by atoms with van der Waals surface area (Å²) in [4.78, 5) is 11.5. The zero-order valence-electron chi connectivity index (χ0n) is 9.86. The van der Waals surface area contributed by atoms with Crippen LogP contribution < -0.4 is 0 Å². The maximum Gasteiger partial charge on any atom is 0.354 e. The summed E-state index contributed by atoms with van der Waals surface area (Å²) in [6.07, 6.45) is 3.50. The SMILES string of the molecule is COC(=O)c1cc(C2(C(C)O)CC2)cn1C. The highest BCUT2D eigenvalue weighted by Crippen LogP contribution is 2.51. The highest BCUT2D eigenvalue weighted by Gasteiger charge is 2.49. The molecule has 1 N–H and O–H groups in total. The van der Waals surface area contributed by atoms with Crippen LogP contribution >= 0.6 is 0 Å². The summed E-state index contributed by atoms with van der Waals surface area (Å²) in [7, 11) is 3.18. The van der Waals surface area contributed by atoms with Crippen LogP contribution in [0.2, 0.25) is 0 Å². The molecule has 1 unspecified atom stereocenters. The second-order valence-electron chi connectivity index (χ2n) is 4.55. The third-order valence-electron chi connectivity index (χ3n) is 3.56. The number of carbonyl (C=O) groups is 1. The summed E-state index contributed by atoms with van der Waals surface area (Å²) in [5.74, 6) is -0.338. The maximum atomic E-state index is 11.5. The monoisotopic (exact) mass is 223 g/mol. The van der Waals surface area contributed by atoms with E-state index in [9.17, 15) is 9.90 Å². The maximum absolute atomic E-state index is 11.5. The Morgan fingerprint density at radius 1 is 1.62 bits per heavy atom. The smallest absolute Gasteiger partial charge is 0.354 e. The van der Waals surface area contributed by atoms with Crippen LogP contribution in [0, 0.1) is 0 Å². The largest absolute Gasteiger partial charge is 0.464 e. The molecular formula is C12H17NO3. The lowest BCUT2D eigenvalue weighted by Crippen LogP contribution is -2.21. The molecule has 4 heteroatoms. The fourth-order valence-corrected chi connectivity index (χ4v) is 2.23. The molecule has 0 radical (unpaired) electrons. The van der Waals surface area contributed by atoms with Gasteiger partial charge in [0, 0.05) is 18.7 Å². The summed E-state index contributed by atoms with van der Waals surface area (Å²) < 4.78 is 6.46. The number of nitrogens with zero attached hydrogens (tertiary/aromatic N) is 1. The quantitative estimate of drug-likeness (QED) is 0.784. The van der Waals surface area contributed by atoms with Crippen molar-refractivity contribution in [2.45, 2.75) is 31.3 Å². The van der Waals surface area contributed by atoms with E-state index in [0.29, 0.717) is 5.69 Å². The number of aliphatic hydroxyl groups is 1. The minimum Gasteiger partial charge on any atom is -0.464 e. The first-order valence-corrected chi connectivity index (χ1v) is 5.44. The molecule has 1 saturated carbocycles. The van der Waals surface area contributed by atoms with Crippen molar-refractivity contribution in [3.63, 3.8) is 0 Å². The average molecular weight is 223 g/mol. The van der Waals surface area contributed by atoms with Crippen LogP contribution in [0.1, 0.15) is 35.8 Å². The molecule has 0 amide bonds. The molecule has 16 heavy (non-hydrogen) atoms. The first-order chi connectivity index (χ1) is 7.51. The number of aromatic nitrogens is 1. The molecule has 1 atom stereocenters. The molecule has 0 spiro atoms. The van der Waals surface area contributed by atoms with Gasteiger partial charge in [-0.1, -0.05) is 0 Å². The minimum atomic E-state index is -0.375. The van der Waals surface area contributed by atoms with Gasteiger partial charge in [0.25, 0.3) is 0 Å². The summed E-state index contributed by atoms with van der Waals surface area (Å²) in [5.41, 5.74) is 1.43. The van der Waals surface area contributed by atoms with Gasteiger partial charge in [-0.3, -0.25) is 0 Å². The van der Waals surface area contributed by atoms with Crippen LogP contribution in [0.3, 0.4) is 0 Å². The molecular weight excluding hydrogens is 206 g/mol. The Balaban J connectivity index is 2.35. The molecule has 1 aliphatic rings. The number of aryl methyl sites for hydroxylation is 1. The number of rotatable bonds is 3. The van der Waals surface area contributed by atoms with Gasteiger partial charge >= 0.3 is 5.97 Å². The number of ether oxygens (including phenoxy) is 1. The van der Waals surface area contributed by atoms with Crippen molar-refractivity contribution < 1.29 is 14.6 Å². The molecule has 88 valence electrons. The van der Waals surface area contributed by atoms with E-state index in [2.05, 4.69) is 0 Å².